The number of nitrogens with zero attached hydrogens (tertiary/aromatic N) is 1. The van der Waals surface area contributed by atoms with Crippen LogP contribution in [0.1, 0.15) is 20.3 Å². The Labute approximate surface area is 101 Å². The maximum atomic E-state index is 11.8. The number of rotatable bonds is 0. The number of benzene rings is 2. The average Bonchev–Trinajstić information content (AvgIpc) is 2.66. The third kappa shape index (κ3) is 1.98. The average molecular weight is 226 g/mol. The summed E-state index contributed by atoms with van der Waals surface area (Å²) in [5, 5.41) is 0. The summed E-state index contributed by atoms with van der Waals surface area (Å²) >= 11 is 0. The molecule has 0 aromatic heterocycles. The van der Waals surface area contributed by atoms with E-state index < -0.39 is 0 Å². The molecule has 17 heavy (non-hydrogen) atoms. The Morgan fingerprint density at radius 1 is 0.824 bits per heavy atom. The molecule has 1 aliphatic heterocycles. The first-order valence-electron chi connectivity index (χ1n) is 5.95. The number of hydrogen-bond acceptors (Lipinski definition) is 1. The van der Waals surface area contributed by atoms with Crippen molar-refractivity contribution >= 4 is 11.4 Å². The molecule has 86 valence electrons. The first-order valence-corrected chi connectivity index (χ1v) is 5.95. The smallest absolute Gasteiger partial charge is 0.0656 e. The van der Waals surface area contributed by atoms with Crippen molar-refractivity contribution in [1.29, 1.82) is 0 Å². The first-order chi connectivity index (χ1) is 8.29. The van der Waals surface area contributed by atoms with E-state index in [-0.39, 0.29) is 0 Å². The zero-order chi connectivity index (χ0) is 12.3. The van der Waals surface area contributed by atoms with E-state index in [1.54, 1.807) is 0 Å². The van der Waals surface area contributed by atoms with Gasteiger partial charge in [0.1, 0.15) is 0 Å². The summed E-state index contributed by atoms with van der Waals surface area (Å²) in [6.45, 7) is 4.25. The van der Waals surface area contributed by atoms with Crippen LogP contribution in [-0.4, -0.2) is 0 Å². The Kier molecular flexibility index (Phi) is 3.33. The summed E-state index contributed by atoms with van der Waals surface area (Å²) in [4.78, 5) is 11.8. The molecule has 2 aromatic carbocycles. The molecule has 1 aliphatic rings. The van der Waals surface area contributed by atoms with Crippen molar-refractivity contribution < 1.29 is 0 Å². The molecule has 0 bridgehead atoms. The maximum absolute atomic E-state index is 11.8. The number of para-hydroxylation sites is 2. The van der Waals surface area contributed by atoms with Crippen LogP contribution in [0.4, 0.5) is 11.4 Å². The van der Waals surface area contributed by atoms with Gasteiger partial charge < -0.3 is 0 Å². The second kappa shape index (κ2) is 4.91. The maximum Gasteiger partial charge on any atom is 0.271 e. The zero-order valence-corrected chi connectivity index (χ0v) is 10.2. The summed E-state index contributed by atoms with van der Waals surface area (Å²) in [5.74, 6) is 0. The minimum absolute atomic E-state index is 0.744. The van der Waals surface area contributed by atoms with Gasteiger partial charge in [0.25, 0.3) is 11.4 Å². The number of hydrogen-bond donors (Lipinski definition) is 0. The third-order valence-corrected chi connectivity index (χ3v) is 2.54. The van der Waals surface area contributed by atoms with Gasteiger partial charge in [0.05, 0.1) is 15.9 Å². The van der Waals surface area contributed by atoms with Crippen LogP contribution in [0, 0.1) is 4.91 Å². The van der Waals surface area contributed by atoms with E-state index in [2.05, 4.69) is 13.8 Å². The minimum atomic E-state index is 0.744. The van der Waals surface area contributed by atoms with Crippen LogP contribution < -0.4 is 4.76 Å². The lowest BCUT2D eigenvalue weighted by Crippen LogP contribution is -1.91. The van der Waals surface area contributed by atoms with E-state index in [9.17, 15) is 4.91 Å². The second-order valence-electron chi connectivity index (χ2n) is 4.04. The lowest BCUT2D eigenvalue weighted by atomic mass is 10.1. The monoisotopic (exact) mass is 226 g/mol. The van der Waals surface area contributed by atoms with Gasteiger partial charge >= 0.3 is 0 Å². The van der Waals surface area contributed by atoms with E-state index >= 15 is 0 Å². The Morgan fingerprint density at radius 2 is 1.18 bits per heavy atom. The summed E-state index contributed by atoms with van der Waals surface area (Å²) in [6, 6.07) is 15.3. The second-order valence-corrected chi connectivity index (χ2v) is 4.04. The highest BCUT2D eigenvalue weighted by Crippen LogP contribution is 2.43. The Hall–Kier alpha value is -1.96. The van der Waals surface area contributed by atoms with Crippen LogP contribution in [-0.2, 0) is 0 Å². The predicted octanol–water partition coefficient (Wildman–Crippen LogP) is 4.68. The van der Waals surface area contributed by atoms with Crippen LogP contribution in [0.3, 0.4) is 0 Å². The Bertz CT molecular complexity index is 499. The van der Waals surface area contributed by atoms with Crippen LogP contribution in [0.15, 0.2) is 48.5 Å². The molecule has 2 aromatic rings. The van der Waals surface area contributed by atoms with Gasteiger partial charge in [-0.25, -0.2) is 0 Å². The van der Waals surface area contributed by atoms with Crippen molar-refractivity contribution in [3.63, 3.8) is 0 Å². The molecule has 0 saturated heterocycles. The van der Waals surface area contributed by atoms with E-state index in [0.717, 1.165) is 27.3 Å². The highest BCUT2D eigenvalue weighted by Gasteiger charge is 2.34. The highest BCUT2D eigenvalue weighted by molar-refractivity contribution is 5.91. The molecule has 3 rings (SSSR count). The van der Waals surface area contributed by atoms with Crippen LogP contribution in [0.2, 0.25) is 0 Å². The molecule has 0 unspecified atom stereocenters. The highest BCUT2D eigenvalue weighted by atomic mass is 16.3. The van der Waals surface area contributed by atoms with Crippen molar-refractivity contribution in [3.05, 3.63) is 53.4 Å². The minimum Gasteiger partial charge on any atom is -0.0656 e. The summed E-state index contributed by atoms with van der Waals surface area (Å²) < 4.78 is 0.991. The fourth-order valence-corrected chi connectivity index (χ4v) is 1.89. The molecule has 0 fully saturated rings. The van der Waals surface area contributed by atoms with Gasteiger partial charge in [-0.1, -0.05) is 44.5 Å². The van der Waals surface area contributed by atoms with Crippen LogP contribution in [0.25, 0.3) is 11.1 Å². The Morgan fingerprint density at radius 3 is 1.59 bits per heavy atom. The summed E-state index contributed by atoms with van der Waals surface area (Å²) in [6.07, 6.45) is 1.25. The molecule has 0 spiro atoms. The van der Waals surface area contributed by atoms with Gasteiger partial charge in [-0.15, -0.1) is 0 Å². The van der Waals surface area contributed by atoms with Gasteiger partial charge in [0.15, 0.2) is 0 Å². The SMILES string of the molecule is CCC.O=[N+]1c2ccccc2-c2ccccc21. The van der Waals surface area contributed by atoms with E-state index in [4.69, 9.17) is 0 Å². The van der Waals surface area contributed by atoms with Crippen molar-refractivity contribution in [1.82, 2.24) is 4.76 Å². The zero-order valence-electron chi connectivity index (χ0n) is 10.2. The lowest BCUT2D eigenvalue weighted by Gasteiger charge is -1.89. The molecule has 0 saturated carbocycles. The van der Waals surface area contributed by atoms with Crippen molar-refractivity contribution in [3.8, 4) is 11.1 Å². The molecular weight excluding hydrogens is 210 g/mol. The van der Waals surface area contributed by atoms with Gasteiger partial charge in [-0.3, -0.25) is 0 Å². The largest absolute Gasteiger partial charge is 0.271 e. The van der Waals surface area contributed by atoms with Gasteiger partial charge in [-0.05, 0) is 12.1 Å². The molecule has 0 aliphatic carbocycles. The molecule has 0 N–H and O–H groups in total. The fourth-order valence-electron chi connectivity index (χ4n) is 1.89. The number of fused-ring (bicyclic) bond motifs is 3. The quantitative estimate of drug-likeness (QED) is 0.509. The number of nitroso groups, excluding NO2 is 1. The first kappa shape index (κ1) is 11.5. The molecule has 0 atom stereocenters. The summed E-state index contributed by atoms with van der Waals surface area (Å²) in [5.41, 5.74) is 3.54. The molecule has 0 amide bonds. The van der Waals surface area contributed by atoms with Crippen LogP contribution >= 0.6 is 0 Å². The lowest BCUT2D eigenvalue weighted by molar-refractivity contribution is 1.09. The fraction of sp³-hybridized carbons (Fsp3) is 0.200. The van der Waals surface area contributed by atoms with Crippen LogP contribution in [0.5, 0.6) is 0 Å². The van der Waals surface area contributed by atoms with Crippen molar-refractivity contribution in [2.75, 3.05) is 0 Å². The standard InChI is InChI=1S/C12H8NO.C3H8/c14-13-11-7-3-1-5-9(11)10-6-2-4-8-12(10)13;1-3-2/h1-8H;3H2,1-2H3/q+1;. The van der Waals surface area contributed by atoms with Gasteiger partial charge in [-0.2, -0.15) is 0 Å². The molecular formula is C15H16NO+. The van der Waals surface area contributed by atoms with Gasteiger partial charge in [0, 0.05) is 17.0 Å². The Balaban J connectivity index is 0.000000329. The molecule has 2 heteroatoms. The molecule has 2 nitrogen and oxygen atoms in total. The van der Waals surface area contributed by atoms with Crippen molar-refractivity contribution in [2.24, 2.45) is 0 Å². The summed E-state index contributed by atoms with van der Waals surface area (Å²) in [7, 11) is 0. The normalized spacial score (nSPS) is 11.3. The molecule has 1 heterocycles. The van der Waals surface area contributed by atoms with Gasteiger partial charge in [0.2, 0.25) is 0 Å². The topological polar surface area (TPSA) is 20.1 Å². The van der Waals surface area contributed by atoms with E-state index in [1.165, 1.54) is 6.42 Å². The molecule has 0 radical (unpaired) electrons. The predicted molar refractivity (Wildman–Crippen MR) is 72.7 cm³/mol. The van der Waals surface area contributed by atoms with E-state index in [1.807, 2.05) is 48.5 Å². The van der Waals surface area contributed by atoms with E-state index in [0.29, 0.717) is 0 Å². The van der Waals surface area contributed by atoms with Crippen molar-refractivity contribution in [2.45, 2.75) is 20.3 Å². The third-order valence-electron chi connectivity index (χ3n) is 2.54.